The largest absolute Gasteiger partial charge is 0.494 e. The van der Waals surface area contributed by atoms with E-state index in [0.717, 1.165) is 22.6 Å². The van der Waals surface area contributed by atoms with Crippen molar-refractivity contribution in [1.82, 2.24) is 15.6 Å². The zero-order chi connectivity index (χ0) is 19.2. The first-order chi connectivity index (χ1) is 13.1. The van der Waals surface area contributed by atoms with Crippen LogP contribution < -0.4 is 10.2 Å². The number of ether oxygens (including phenoxy) is 1. The molecule has 1 heterocycles. The number of benzene rings is 2. The average molecular weight is 362 g/mol. The van der Waals surface area contributed by atoms with Gasteiger partial charge >= 0.3 is 0 Å². The molecule has 2 N–H and O–H groups in total. The maximum absolute atomic E-state index is 12.2. The summed E-state index contributed by atoms with van der Waals surface area (Å²) in [6.07, 6.45) is 1.58. The third kappa shape index (κ3) is 4.61. The predicted molar refractivity (Wildman–Crippen MR) is 106 cm³/mol. The first-order valence-corrected chi connectivity index (χ1v) is 8.76. The van der Waals surface area contributed by atoms with Crippen molar-refractivity contribution in [2.75, 3.05) is 6.61 Å². The Bertz CT molecular complexity index is 959. The summed E-state index contributed by atoms with van der Waals surface area (Å²) >= 11 is 0. The lowest BCUT2D eigenvalue weighted by Crippen LogP contribution is -2.17. The summed E-state index contributed by atoms with van der Waals surface area (Å²) in [5.41, 5.74) is 7.80. The number of amides is 1. The summed E-state index contributed by atoms with van der Waals surface area (Å²) in [5.74, 6) is 0.454. The SMILES string of the molecule is CCOc1ccc(/C=N/NC(=O)c2cc(-c3ccc(C)c(C)c3)n[nH]2)cc1. The van der Waals surface area contributed by atoms with Crippen LogP contribution in [0.25, 0.3) is 11.3 Å². The number of aryl methyl sites for hydroxylation is 2. The van der Waals surface area contributed by atoms with Crippen molar-refractivity contribution < 1.29 is 9.53 Å². The van der Waals surface area contributed by atoms with Crippen molar-refractivity contribution >= 4 is 12.1 Å². The Hall–Kier alpha value is -3.41. The molecule has 0 aliphatic carbocycles. The Morgan fingerprint density at radius 1 is 1.15 bits per heavy atom. The monoisotopic (exact) mass is 362 g/mol. The summed E-state index contributed by atoms with van der Waals surface area (Å²) in [5, 5.41) is 11.0. The van der Waals surface area contributed by atoms with Gasteiger partial charge in [-0.15, -0.1) is 0 Å². The predicted octanol–water partition coefficient (Wildman–Crippen LogP) is 3.86. The number of carbonyl (C=O) groups is 1. The van der Waals surface area contributed by atoms with Crippen LogP contribution in [0.2, 0.25) is 0 Å². The highest BCUT2D eigenvalue weighted by Crippen LogP contribution is 2.20. The minimum Gasteiger partial charge on any atom is -0.494 e. The molecule has 0 unspecified atom stereocenters. The maximum atomic E-state index is 12.2. The number of hydrogen-bond donors (Lipinski definition) is 2. The summed E-state index contributed by atoms with van der Waals surface area (Å²) in [4.78, 5) is 12.2. The van der Waals surface area contributed by atoms with Gasteiger partial charge in [-0.05, 0) is 73.9 Å². The maximum Gasteiger partial charge on any atom is 0.289 e. The molecule has 0 aliphatic heterocycles. The molecule has 27 heavy (non-hydrogen) atoms. The molecule has 1 aromatic heterocycles. The molecule has 2 aromatic carbocycles. The van der Waals surface area contributed by atoms with E-state index in [-0.39, 0.29) is 5.91 Å². The van der Waals surface area contributed by atoms with Crippen LogP contribution in [0, 0.1) is 13.8 Å². The second kappa shape index (κ2) is 8.31. The number of carbonyl (C=O) groups excluding carboxylic acids is 1. The topological polar surface area (TPSA) is 79.4 Å². The first-order valence-electron chi connectivity index (χ1n) is 8.76. The minimum absolute atomic E-state index is 0.347. The van der Waals surface area contributed by atoms with Gasteiger partial charge in [0.25, 0.3) is 5.91 Å². The molecule has 3 aromatic rings. The van der Waals surface area contributed by atoms with E-state index < -0.39 is 0 Å². The number of hydrazone groups is 1. The summed E-state index contributed by atoms with van der Waals surface area (Å²) in [6.45, 7) is 6.67. The smallest absolute Gasteiger partial charge is 0.289 e. The molecule has 0 spiro atoms. The van der Waals surface area contributed by atoms with Gasteiger partial charge in [0.1, 0.15) is 11.4 Å². The van der Waals surface area contributed by atoms with Crippen molar-refractivity contribution in [1.29, 1.82) is 0 Å². The van der Waals surface area contributed by atoms with Crippen molar-refractivity contribution in [2.24, 2.45) is 5.10 Å². The van der Waals surface area contributed by atoms with Gasteiger partial charge in [0, 0.05) is 5.56 Å². The first kappa shape index (κ1) is 18.4. The second-order valence-corrected chi connectivity index (χ2v) is 6.17. The van der Waals surface area contributed by atoms with Gasteiger partial charge in [-0.25, -0.2) is 5.43 Å². The van der Waals surface area contributed by atoms with Crippen molar-refractivity contribution in [2.45, 2.75) is 20.8 Å². The average Bonchev–Trinajstić information content (AvgIpc) is 3.16. The molecular weight excluding hydrogens is 340 g/mol. The number of H-pyrrole nitrogens is 1. The highest BCUT2D eigenvalue weighted by atomic mass is 16.5. The van der Waals surface area contributed by atoms with Gasteiger partial charge < -0.3 is 4.74 Å². The lowest BCUT2D eigenvalue weighted by atomic mass is 10.0. The number of hydrogen-bond acceptors (Lipinski definition) is 4. The Kier molecular flexibility index (Phi) is 5.66. The van der Waals surface area contributed by atoms with E-state index in [0.29, 0.717) is 12.3 Å². The number of aromatic amines is 1. The van der Waals surface area contributed by atoms with Crippen LogP contribution in [0.15, 0.2) is 53.6 Å². The summed E-state index contributed by atoms with van der Waals surface area (Å²) in [6, 6.07) is 15.3. The summed E-state index contributed by atoms with van der Waals surface area (Å²) in [7, 11) is 0. The second-order valence-electron chi connectivity index (χ2n) is 6.17. The third-order valence-corrected chi connectivity index (χ3v) is 4.20. The molecular formula is C21H22N4O2. The van der Waals surface area contributed by atoms with E-state index in [1.165, 1.54) is 11.1 Å². The quantitative estimate of drug-likeness (QED) is 0.516. The van der Waals surface area contributed by atoms with Crippen LogP contribution >= 0.6 is 0 Å². The minimum atomic E-state index is -0.347. The van der Waals surface area contributed by atoms with E-state index in [2.05, 4.69) is 40.6 Å². The Morgan fingerprint density at radius 2 is 1.93 bits per heavy atom. The molecule has 6 heteroatoms. The van der Waals surface area contributed by atoms with Crippen LogP contribution in [-0.2, 0) is 0 Å². The van der Waals surface area contributed by atoms with Crippen LogP contribution in [-0.4, -0.2) is 28.9 Å². The van der Waals surface area contributed by atoms with Gasteiger partial charge in [-0.1, -0.05) is 12.1 Å². The Balaban J connectivity index is 1.63. The zero-order valence-corrected chi connectivity index (χ0v) is 15.6. The molecule has 6 nitrogen and oxygen atoms in total. The molecule has 0 saturated heterocycles. The normalized spacial score (nSPS) is 10.9. The number of aromatic nitrogens is 2. The van der Waals surface area contributed by atoms with E-state index in [4.69, 9.17) is 4.74 Å². The van der Waals surface area contributed by atoms with Gasteiger partial charge in [0.15, 0.2) is 0 Å². The fraction of sp³-hybridized carbons (Fsp3) is 0.190. The Morgan fingerprint density at radius 3 is 2.63 bits per heavy atom. The van der Waals surface area contributed by atoms with Crippen LogP contribution in [0.1, 0.15) is 34.1 Å². The molecule has 0 aliphatic rings. The molecule has 1 amide bonds. The fourth-order valence-corrected chi connectivity index (χ4v) is 2.53. The van der Waals surface area contributed by atoms with Crippen molar-refractivity contribution in [3.05, 3.63) is 70.9 Å². The third-order valence-electron chi connectivity index (χ3n) is 4.20. The lowest BCUT2D eigenvalue weighted by Gasteiger charge is -2.02. The van der Waals surface area contributed by atoms with Crippen LogP contribution in [0.4, 0.5) is 0 Å². The van der Waals surface area contributed by atoms with Gasteiger partial charge in [0.2, 0.25) is 0 Å². The molecule has 0 fully saturated rings. The molecule has 0 radical (unpaired) electrons. The van der Waals surface area contributed by atoms with E-state index in [1.54, 1.807) is 12.3 Å². The molecule has 0 bridgehead atoms. The van der Waals surface area contributed by atoms with Gasteiger partial charge in [-0.2, -0.15) is 10.2 Å². The van der Waals surface area contributed by atoms with Crippen molar-refractivity contribution in [3.8, 4) is 17.0 Å². The highest BCUT2D eigenvalue weighted by Gasteiger charge is 2.10. The zero-order valence-electron chi connectivity index (χ0n) is 15.6. The molecule has 3 rings (SSSR count). The van der Waals surface area contributed by atoms with E-state index in [9.17, 15) is 4.79 Å². The molecule has 0 saturated carbocycles. The van der Waals surface area contributed by atoms with Gasteiger partial charge in [0.05, 0.1) is 18.5 Å². The standard InChI is InChI=1S/C21H22N4O2/c1-4-27-18-9-6-16(7-10-18)13-22-25-21(26)20-12-19(23-24-20)17-8-5-14(2)15(3)11-17/h5-13H,4H2,1-3H3,(H,23,24)(H,25,26)/b22-13+. The fourth-order valence-electron chi connectivity index (χ4n) is 2.53. The van der Waals surface area contributed by atoms with Gasteiger partial charge in [-0.3, -0.25) is 9.89 Å². The Labute approximate surface area is 158 Å². The van der Waals surface area contributed by atoms with Crippen LogP contribution in [0.5, 0.6) is 5.75 Å². The molecule has 0 atom stereocenters. The van der Waals surface area contributed by atoms with Crippen molar-refractivity contribution in [3.63, 3.8) is 0 Å². The number of nitrogens with zero attached hydrogens (tertiary/aromatic N) is 2. The van der Waals surface area contributed by atoms with E-state index >= 15 is 0 Å². The molecule has 138 valence electrons. The van der Waals surface area contributed by atoms with Crippen LogP contribution in [0.3, 0.4) is 0 Å². The lowest BCUT2D eigenvalue weighted by molar-refractivity contribution is 0.0950. The summed E-state index contributed by atoms with van der Waals surface area (Å²) < 4.78 is 5.39. The van der Waals surface area contributed by atoms with E-state index in [1.807, 2.05) is 43.3 Å². The number of nitrogens with one attached hydrogen (secondary N) is 2. The number of rotatable bonds is 6. The highest BCUT2D eigenvalue weighted by molar-refractivity contribution is 5.94.